The summed E-state index contributed by atoms with van der Waals surface area (Å²) in [6.07, 6.45) is 3.15. The first-order valence-corrected chi connectivity index (χ1v) is 6.17. The Balaban J connectivity index is 2.15. The van der Waals surface area contributed by atoms with E-state index in [-0.39, 0.29) is 6.10 Å². The number of benzene rings is 1. The van der Waals surface area contributed by atoms with E-state index in [0.717, 1.165) is 25.7 Å². The molecule has 1 aromatic rings. The van der Waals surface area contributed by atoms with Crippen LogP contribution in [0.15, 0.2) is 18.2 Å². The van der Waals surface area contributed by atoms with Crippen molar-refractivity contribution >= 4 is 0 Å². The van der Waals surface area contributed by atoms with Crippen LogP contribution in [0.4, 0.5) is 0 Å². The van der Waals surface area contributed by atoms with E-state index < -0.39 is 6.10 Å². The van der Waals surface area contributed by atoms with Crippen molar-refractivity contribution in [3.8, 4) is 17.6 Å². The summed E-state index contributed by atoms with van der Waals surface area (Å²) in [4.78, 5) is 0. The van der Waals surface area contributed by atoms with Gasteiger partial charge in [0.2, 0.25) is 0 Å². The van der Waals surface area contributed by atoms with Gasteiger partial charge < -0.3 is 14.6 Å². The third kappa shape index (κ3) is 2.74. The zero-order valence-electron chi connectivity index (χ0n) is 10.4. The van der Waals surface area contributed by atoms with E-state index in [4.69, 9.17) is 14.7 Å². The van der Waals surface area contributed by atoms with Crippen molar-refractivity contribution in [2.45, 2.75) is 37.9 Å². The number of hydrogen-bond acceptors (Lipinski definition) is 4. The Morgan fingerprint density at radius 3 is 2.72 bits per heavy atom. The molecule has 0 heterocycles. The Labute approximate surface area is 107 Å². The van der Waals surface area contributed by atoms with Crippen LogP contribution in [0.5, 0.6) is 11.5 Å². The molecule has 0 amide bonds. The zero-order valence-corrected chi connectivity index (χ0v) is 10.4. The first kappa shape index (κ1) is 12.7. The Kier molecular flexibility index (Phi) is 4.06. The van der Waals surface area contributed by atoms with Crippen LogP contribution < -0.4 is 9.47 Å². The molecule has 1 aliphatic rings. The number of nitriles is 1. The first-order chi connectivity index (χ1) is 8.74. The van der Waals surface area contributed by atoms with Crippen LogP contribution in [0, 0.1) is 11.3 Å². The fraction of sp³-hybridized carbons (Fsp3) is 0.500. The summed E-state index contributed by atoms with van der Waals surface area (Å²) in [5.74, 6) is 1.12. The maximum atomic E-state index is 9.88. The summed E-state index contributed by atoms with van der Waals surface area (Å²) in [5.41, 5.74) is 0.531. The minimum atomic E-state index is -0.418. The fourth-order valence-electron chi connectivity index (χ4n) is 2.21. The molecule has 0 aromatic heterocycles. The SMILES string of the molecule is COc1cc(C#N)ccc1O[C@@H]1CCCC[C@H]1O. The fourth-order valence-corrected chi connectivity index (χ4v) is 2.21. The Morgan fingerprint density at radius 2 is 2.06 bits per heavy atom. The molecule has 0 saturated heterocycles. The average Bonchev–Trinajstić information content (AvgIpc) is 2.41. The number of nitrogens with zero attached hydrogens (tertiary/aromatic N) is 1. The normalized spacial score (nSPS) is 23.2. The van der Waals surface area contributed by atoms with Gasteiger partial charge in [0, 0.05) is 6.07 Å². The number of methoxy groups -OCH3 is 1. The van der Waals surface area contributed by atoms with Crippen molar-refractivity contribution in [2.75, 3.05) is 7.11 Å². The van der Waals surface area contributed by atoms with Crippen molar-refractivity contribution in [2.24, 2.45) is 0 Å². The lowest BCUT2D eigenvalue weighted by Crippen LogP contribution is -2.34. The van der Waals surface area contributed by atoms with Gasteiger partial charge in [0.05, 0.1) is 24.8 Å². The van der Waals surface area contributed by atoms with E-state index in [1.54, 1.807) is 25.3 Å². The highest BCUT2D eigenvalue weighted by Crippen LogP contribution is 2.31. The van der Waals surface area contributed by atoms with Crippen LogP contribution in [-0.4, -0.2) is 24.4 Å². The molecule has 0 bridgehead atoms. The highest BCUT2D eigenvalue weighted by Gasteiger charge is 2.25. The summed E-state index contributed by atoms with van der Waals surface area (Å²) in [5, 5.41) is 18.7. The Hall–Kier alpha value is -1.73. The molecule has 4 nitrogen and oxygen atoms in total. The molecule has 0 unspecified atom stereocenters. The van der Waals surface area contributed by atoms with Crippen molar-refractivity contribution < 1.29 is 14.6 Å². The molecular weight excluding hydrogens is 230 g/mol. The lowest BCUT2D eigenvalue weighted by atomic mass is 9.95. The molecule has 1 N–H and O–H groups in total. The predicted molar refractivity (Wildman–Crippen MR) is 66.6 cm³/mol. The Morgan fingerprint density at radius 1 is 1.28 bits per heavy atom. The molecule has 0 aliphatic heterocycles. The van der Waals surface area contributed by atoms with Crippen LogP contribution in [0.2, 0.25) is 0 Å². The van der Waals surface area contributed by atoms with Gasteiger partial charge in [-0.3, -0.25) is 0 Å². The largest absolute Gasteiger partial charge is 0.493 e. The van der Waals surface area contributed by atoms with Crippen LogP contribution in [0.25, 0.3) is 0 Å². The third-order valence-corrected chi connectivity index (χ3v) is 3.24. The third-order valence-electron chi connectivity index (χ3n) is 3.24. The average molecular weight is 247 g/mol. The molecule has 96 valence electrons. The molecule has 0 spiro atoms. The zero-order chi connectivity index (χ0) is 13.0. The van der Waals surface area contributed by atoms with E-state index >= 15 is 0 Å². The van der Waals surface area contributed by atoms with Gasteiger partial charge in [-0.15, -0.1) is 0 Å². The van der Waals surface area contributed by atoms with E-state index in [1.807, 2.05) is 0 Å². The molecule has 2 atom stereocenters. The summed E-state index contributed by atoms with van der Waals surface area (Å²) < 4.78 is 11.0. The molecule has 0 radical (unpaired) electrons. The molecule has 1 aliphatic carbocycles. The molecular formula is C14H17NO3. The summed E-state index contributed by atoms with van der Waals surface area (Å²) >= 11 is 0. The van der Waals surface area contributed by atoms with Crippen LogP contribution in [0.1, 0.15) is 31.2 Å². The monoisotopic (exact) mass is 247 g/mol. The number of aliphatic hydroxyl groups is 1. The molecule has 2 rings (SSSR count). The minimum absolute atomic E-state index is 0.180. The van der Waals surface area contributed by atoms with Crippen molar-refractivity contribution in [3.05, 3.63) is 23.8 Å². The van der Waals surface area contributed by atoms with E-state index in [0.29, 0.717) is 17.1 Å². The molecule has 1 fully saturated rings. The van der Waals surface area contributed by atoms with Gasteiger partial charge in [-0.25, -0.2) is 0 Å². The summed E-state index contributed by atoms with van der Waals surface area (Å²) in [7, 11) is 1.54. The first-order valence-electron chi connectivity index (χ1n) is 6.17. The smallest absolute Gasteiger partial charge is 0.162 e. The van der Waals surface area contributed by atoms with Gasteiger partial charge in [0.1, 0.15) is 6.10 Å². The van der Waals surface area contributed by atoms with Crippen LogP contribution >= 0.6 is 0 Å². The quantitative estimate of drug-likeness (QED) is 0.889. The van der Waals surface area contributed by atoms with Gasteiger partial charge in [0.25, 0.3) is 0 Å². The lowest BCUT2D eigenvalue weighted by molar-refractivity contribution is 0.00568. The van der Waals surface area contributed by atoms with Crippen molar-refractivity contribution in [3.63, 3.8) is 0 Å². The maximum absolute atomic E-state index is 9.88. The summed E-state index contributed by atoms with van der Waals surface area (Å²) in [6.45, 7) is 0. The van der Waals surface area contributed by atoms with E-state index in [1.165, 1.54) is 0 Å². The van der Waals surface area contributed by atoms with Crippen LogP contribution in [0.3, 0.4) is 0 Å². The summed E-state index contributed by atoms with van der Waals surface area (Å²) in [6, 6.07) is 7.11. The van der Waals surface area contributed by atoms with E-state index in [9.17, 15) is 5.11 Å². The van der Waals surface area contributed by atoms with Gasteiger partial charge in [0.15, 0.2) is 11.5 Å². The second-order valence-corrected chi connectivity index (χ2v) is 4.49. The highest BCUT2D eigenvalue weighted by molar-refractivity contribution is 5.46. The van der Waals surface area contributed by atoms with Gasteiger partial charge in [-0.2, -0.15) is 5.26 Å². The number of rotatable bonds is 3. The Bertz CT molecular complexity index is 453. The lowest BCUT2D eigenvalue weighted by Gasteiger charge is -2.28. The highest BCUT2D eigenvalue weighted by atomic mass is 16.5. The molecule has 18 heavy (non-hydrogen) atoms. The van der Waals surface area contributed by atoms with Crippen molar-refractivity contribution in [1.29, 1.82) is 5.26 Å². The second kappa shape index (κ2) is 5.74. The predicted octanol–water partition coefficient (Wildman–Crippen LogP) is 2.25. The maximum Gasteiger partial charge on any atom is 0.162 e. The van der Waals surface area contributed by atoms with Gasteiger partial charge in [-0.05, 0) is 31.4 Å². The van der Waals surface area contributed by atoms with Gasteiger partial charge in [-0.1, -0.05) is 6.42 Å². The minimum Gasteiger partial charge on any atom is -0.493 e. The molecule has 1 aromatic carbocycles. The standard InChI is InChI=1S/C14H17NO3/c1-17-14-8-10(9-15)6-7-13(14)18-12-5-3-2-4-11(12)16/h6-8,11-12,16H,2-5H2,1H3/t11-,12-/m1/s1. The second-order valence-electron chi connectivity index (χ2n) is 4.49. The molecule has 1 saturated carbocycles. The number of aliphatic hydroxyl groups excluding tert-OH is 1. The van der Waals surface area contributed by atoms with Gasteiger partial charge >= 0.3 is 0 Å². The number of hydrogen-bond donors (Lipinski definition) is 1. The van der Waals surface area contributed by atoms with E-state index in [2.05, 4.69) is 6.07 Å². The number of ether oxygens (including phenoxy) is 2. The van der Waals surface area contributed by atoms with Crippen LogP contribution in [-0.2, 0) is 0 Å². The topological polar surface area (TPSA) is 62.5 Å². The molecule has 4 heteroatoms. The van der Waals surface area contributed by atoms with Crippen molar-refractivity contribution in [1.82, 2.24) is 0 Å².